The van der Waals surface area contributed by atoms with Crippen LogP contribution in [-0.4, -0.2) is 12.1 Å². The second-order valence-electron chi connectivity index (χ2n) is 15.9. The molecule has 192 valence electrons. The number of hydrogen-bond donors (Lipinski definition) is 0. The maximum Gasteiger partial charge on any atom is 0.302 e. The van der Waals surface area contributed by atoms with Gasteiger partial charge in [-0.15, -0.1) is 0 Å². The summed E-state index contributed by atoms with van der Waals surface area (Å²) in [4.78, 5) is 11.9. The molecule has 0 aromatic heterocycles. The summed E-state index contributed by atoms with van der Waals surface area (Å²) in [5.41, 5.74) is 3.90. The average Bonchev–Trinajstić information content (AvgIpc) is 2.70. The number of hydrogen-bond acceptors (Lipinski definition) is 2. The van der Waals surface area contributed by atoms with Gasteiger partial charge in [-0.25, -0.2) is 0 Å². The molecule has 0 amide bonds. The van der Waals surface area contributed by atoms with Crippen molar-refractivity contribution in [3.05, 3.63) is 11.6 Å². The van der Waals surface area contributed by atoms with E-state index in [1.54, 1.807) is 6.92 Å². The molecule has 0 aliphatic heterocycles. The maximum absolute atomic E-state index is 11.9. The van der Waals surface area contributed by atoms with E-state index in [9.17, 15) is 4.79 Å². The van der Waals surface area contributed by atoms with Crippen molar-refractivity contribution in [1.29, 1.82) is 0 Å². The molecule has 0 heterocycles. The summed E-state index contributed by atoms with van der Waals surface area (Å²) in [5, 5.41) is 0. The van der Waals surface area contributed by atoms with Crippen LogP contribution in [0.3, 0.4) is 0 Å². The molecule has 4 fully saturated rings. The van der Waals surface area contributed by atoms with E-state index in [0.717, 1.165) is 18.3 Å². The summed E-state index contributed by atoms with van der Waals surface area (Å²) in [6.45, 7) is 22.0. The maximum atomic E-state index is 11.9. The monoisotopic (exact) mass is 468 g/mol. The van der Waals surface area contributed by atoms with Gasteiger partial charge in [-0.3, -0.25) is 4.79 Å². The smallest absolute Gasteiger partial charge is 0.302 e. The molecule has 0 spiro atoms. The Bertz CT molecular complexity index is 897. The summed E-state index contributed by atoms with van der Waals surface area (Å²) < 4.78 is 5.90. The highest BCUT2D eigenvalue weighted by molar-refractivity contribution is 5.66. The van der Waals surface area contributed by atoms with Crippen molar-refractivity contribution in [2.75, 3.05) is 0 Å². The lowest BCUT2D eigenvalue weighted by Gasteiger charge is -2.70. The molecule has 0 aromatic carbocycles. The van der Waals surface area contributed by atoms with Crippen molar-refractivity contribution in [2.24, 2.45) is 50.2 Å². The van der Waals surface area contributed by atoms with Gasteiger partial charge in [-0.1, -0.05) is 67.0 Å². The van der Waals surface area contributed by atoms with Crippen LogP contribution in [0.1, 0.15) is 127 Å². The molecule has 0 unspecified atom stereocenters. The normalized spacial score (nSPS) is 51.1. The number of ether oxygens (including phenoxy) is 1. The van der Waals surface area contributed by atoms with Crippen molar-refractivity contribution in [2.45, 2.75) is 133 Å². The molecule has 2 nitrogen and oxygen atoms in total. The number of carbonyl (C=O) groups is 1. The Morgan fingerprint density at radius 3 is 2.06 bits per heavy atom. The van der Waals surface area contributed by atoms with E-state index >= 15 is 0 Å². The van der Waals surface area contributed by atoms with Gasteiger partial charge in [0.1, 0.15) is 6.10 Å². The number of carbonyl (C=O) groups excluding carboxylic acids is 1. The third kappa shape index (κ3) is 3.28. The van der Waals surface area contributed by atoms with Crippen molar-refractivity contribution < 1.29 is 9.53 Å². The largest absolute Gasteiger partial charge is 0.462 e. The van der Waals surface area contributed by atoms with Gasteiger partial charge in [0.25, 0.3) is 0 Å². The van der Waals surface area contributed by atoms with Crippen LogP contribution in [0.2, 0.25) is 0 Å². The molecule has 0 radical (unpaired) electrons. The molecule has 34 heavy (non-hydrogen) atoms. The van der Waals surface area contributed by atoms with Crippen LogP contribution in [0, 0.1) is 50.2 Å². The van der Waals surface area contributed by atoms with E-state index in [2.05, 4.69) is 61.5 Å². The lowest BCUT2D eigenvalue weighted by molar-refractivity contribution is -0.198. The summed E-state index contributed by atoms with van der Waals surface area (Å²) in [6.07, 6.45) is 15.9. The van der Waals surface area contributed by atoms with Crippen LogP contribution in [0.25, 0.3) is 0 Å². The first kappa shape index (κ1) is 24.9. The van der Waals surface area contributed by atoms with E-state index < -0.39 is 0 Å². The van der Waals surface area contributed by atoms with Gasteiger partial charge in [0.15, 0.2) is 0 Å². The van der Waals surface area contributed by atoms with Gasteiger partial charge < -0.3 is 4.74 Å². The summed E-state index contributed by atoms with van der Waals surface area (Å²) in [7, 11) is 0. The van der Waals surface area contributed by atoms with Gasteiger partial charge in [0.2, 0.25) is 0 Å². The Kier molecular flexibility index (Phi) is 5.40. The van der Waals surface area contributed by atoms with E-state index in [0.29, 0.717) is 33.0 Å². The van der Waals surface area contributed by atoms with E-state index in [-0.39, 0.29) is 17.5 Å². The van der Waals surface area contributed by atoms with Crippen LogP contribution in [-0.2, 0) is 9.53 Å². The molecular formula is C32H52O2. The van der Waals surface area contributed by atoms with Crippen LogP contribution in [0.5, 0.6) is 0 Å². The lowest BCUT2D eigenvalue weighted by atomic mass is 9.34. The van der Waals surface area contributed by atoms with Gasteiger partial charge in [-0.2, -0.15) is 0 Å². The number of esters is 1. The van der Waals surface area contributed by atoms with Gasteiger partial charge in [0.05, 0.1) is 0 Å². The Morgan fingerprint density at radius 2 is 1.41 bits per heavy atom. The molecular weight excluding hydrogens is 416 g/mol. The number of allylic oxidation sites excluding steroid dienone is 2. The minimum atomic E-state index is -0.110. The molecule has 0 aromatic rings. The fourth-order valence-corrected chi connectivity index (χ4v) is 11.2. The first-order chi connectivity index (χ1) is 15.6. The fraction of sp³-hybridized carbons (Fsp3) is 0.906. The zero-order valence-corrected chi connectivity index (χ0v) is 23.8. The first-order valence-corrected chi connectivity index (χ1v) is 14.5. The van der Waals surface area contributed by atoms with Crippen LogP contribution >= 0.6 is 0 Å². The van der Waals surface area contributed by atoms with Gasteiger partial charge >= 0.3 is 5.97 Å². The van der Waals surface area contributed by atoms with Crippen LogP contribution < -0.4 is 0 Å². The third-order valence-corrected chi connectivity index (χ3v) is 13.0. The molecule has 0 N–H and O–H groups in total. The number of fused-ring (bicyclic) bond motifs is 7. The Morgan fingerprint density at radius 1 is 0.794 bits per heavy atom. The van der Waals surface area contributed by atoms with Gasteiger partial charge in [0, 0.05) is 12.3 Å². The molecule has 0 saturated heterocycles. The van der Waals surface area contributed by atoms with Crippen LogP contribution in [0.4, 0.5) is 0 Å². The third-order valence-electron chi connectivity index (χ3n) is 13.0. The first-order valence-electron chi connectivity index (χ1n) is 14.5. The Hall–Kier alpha value is -0.790. The molecule has 2 heteroatoms. The van der Waals surface area contributed by atoms with E-state index in [4.69, 9.17) is 4.74 Å². The zero-order valence-electron chi connectivity index (χ0n) is 23.8. The average molecular weight is 469 g/mol. The molecule has 8 atom stereocenters. The molecule has 4 saturated carbocycles. The fourth-order valence-electron chi connectivity index (χ4n) is 11.2. The predicted octanol–water partition coefficient (Wildman–Crippen LogP) is 8.74. The highest BCUT2D eigenvalue weighted by atomic mass is 16.5. The molecule has 0 bridgehead atoms. The standard InChI is InChI=1S/C32H52O2/c1-21(33)34-26-13-17-30(7)22(28(26,4)5)11-15-31(8)23-10-14-29(6)19-18-27(2,3)20-25(29)32(23,9)16-12-24(30)31/h10,22,24-26H,11-20H2,1-9H3/t22-,24-,25-,26-,29-,30-,31-,32+/m0/s1. The van der Waals surface area contributed by atoms with Crippen LogP contribution in [0.15, 0.2) is 11.6 Å². The Labute approximate surface area is 210 Å². The summed E-state index contributed by atoms with van der Waals surface area (Å²) >= 11 is 0. The number of rotatable bonds is 1. The minimum absolute atomic E-state index is 0.0493. The molecule has 5 rings (SSSR count). The highest BCUT2D eigenvalue weighted by Gasteiger charge is 2.67. The predicted molar refractivity (Wildman–Crippen MR) is 140 cm³/mol. The highest BCUT2D eigenvalue weighted by Crippen LogP contribution is 2.75. The van der Waals surface area contributed by atoms with Crippen molar-refractivity contribution >= 4 is 5.97 Å². The van der Waals surface area contributed by atoms with Crippen molar-refractivity contribution in [3.8, 4) is 0 Å². The minimum Gasteiger partial charge on any atom is -0.462 e. The van der Waals surface area contributed by atoms with Gasteiger partial charge in [-0.05, 0) is 109 Å². The SMILES string of the molecule is CC(=O)O[C@H]1CC[C@@]2(C)[C@@H](CC[C@@]3(C)C4=CC[C@@]5(C)CCC(C)(C)C[C@@H]5[C@]4(C)CC[C@@H]23)C1(C)C. The van der Waals surface area contributed by atoms with Crippen molar-refractivity contribution in [3.63, 3.8) is 0 Å². The molecule has 5 aliphatic carbocycles. The van der Waals surface area contributed by atoms with Crippen molar-refractivity contribution in [1.82, 2.24) is 0 Å². The molecule has 5 aliphatic rings. The quantitative estimate of drug-likeness (QED) is 0.284. The Balaban J connectivity index is 1.51. The summed E-state index contributed by atoms with van der Waals surface area (Å²) in [6, 6.07) is 0. The second kappa shape index (κ2) is 7.38. The summed E-state index contributed by atoms with van der Waals surface area (Å²) in [5.74, 6) is 2.09. The zero-order chi connectivity index (χ0) is 24.9. The second-order valence-corrected chi connectivity index (χ2v) is 15.9. The van der Waals surface area contributed by atoms with E-state index in [1.165, 1.54) is 57.8 Å². The van der Waals surface area contributed by atoms with E-state index in [1.807, 2.05) is 5.57 Å². The lowest BCUT2D eigenvalue weighted by Crippen LogP contribution is -2.63. The topological polar surface area (TPSA) is 26.3 Å².